The van der Waals surface area contributed by atoms with E-state index in [4.69, 9.17) is 0 Å². The first-order chi connectivity index (χ1) is 12.8. The smallest absolute Gasteiger partial charge is 0.168 e. The standard InChI is InChI=1S/C26H32O/c1-5-26(4,18-16-20-11-7-6-8-12-20)19-22-14-9-13-21-15-10-17-25(2,3)24(27)23(21)22/h5-9,11-14H,1,10,15-19H2,2-4H3. The van der Waals surface area contributed by atoms with Crippen LogP contribution in [0.2, 0.25) is 0 Å². The van der Waals surface area contributed by atoms with Crippen molar-refractivity contribution in [1.29, 1.82) is 0 Å². The average Bonchev–Trinajstić information content (AvgIpc) is 2.78. The number of rotatable bonds is 6. The van der Waals surface area contributed by atoms with Crippen molar-refractivity contribution in [3.8, 4) is 0 Å². The number of benzene rings is 2. The van der Waals surface area contributed by atoms with Crippen molar-refractivity contribution in [1.82, 2.24) is 0 Å². The molecule has 142 valence electrons. The second-order valence-electron chi connectivity index (χ2n) is 9.04. The van der Waals surface area contributed by atoms with E-state index >= 15 is 0 Å². The Bertz CT molecular complexity index is 815. The number of aryl methyl sites for hydroxylation is 2. The first-order valence-corrected chi connectivity index (χ1v) is 10.2. The van der Waals surface area contributed by atoms with Crippen LogP contribution in [0.25, 0.3) is 0 Å². The molecule has 0 aromatic heterocycles. The predicted octanol–water partition coefficient (Wildman–Crippen LogP) is 6.60. The van der Waals surface area contributed by atoms with Crippen LogP contribution in [-0.4, -0.2) is 5.78 Å². The van der Waals surface area contributed by atoms with Gasteiger partial charge < -0.3 is 0 Å². The first kappa shape index (κ1) is 19.6. The van der Waals surface area contributed by atoms with Crippen LogP contribution in [0.4, 0.5) is 0 Å². The lowest BCUT2D eigenvalue weighted by Gasteiger charge is -2.29. The Morgan fingerprint density at radius 2 is 1.85 bits per heavy atom. The van der Waals surface area contributed by atoms with Gasteiger partial charge in [-0.1, -0.05) is 75.4 Å². The summed E-state index contributed by atoms with van der Waals surface area (Å²) in [6, 6.07) is 17.0. The average molecular weight is 361 g/mol. The van der Waals surface area contributed by atoms with Crippen LogP contribution >= 0.6 is 0 Å². The SMILES string of the molecule is C=CC(C)(CCc1ccccc1)Cc1cccc2c1C(=O)C(C)(C)CCC2. The normalized spacial score (nSPS) is 18.3. The molecule has 0 amide bonds. The summed E-state index contributed by atoms with van der Waals surface area (Å²) in [5.74, 6) is 0.320. The highest BCUT2D eigenvalue weighted by molar-refractivity contribution is 6.03. The van der Waals surface area contributed by atoms with E-state index in [9.17, 15) is 4.79 Å². The molecule has 1 nitrogen and oxygen atoms in total. The molecule has 3 rings (SSSR count). The van der Waals surface area contributed by atoms with Gasteiger partial charge in [0.05, 0.1) is 0 Å². The van der Waals surface area contributed by atoms with Gasteiger partial charge in [-0.2, -0.15) is 0 Å². The number of hydrogen-bond donors (Lipinski definition) is 0. The largest absolute Gasteiger partial charge is 0.294 e. The van der Waals surface area contributed by atoms with Gasteiger partial charge in [-0.05, 0) is 60.6 Å². The topological polar surface area (TPSA) is 17.1 Å². The lowest BCUT2D eigenvalue weighted by Crippen LogP contribution is -2.26. The molecule has 0 fully saturated rings. The Labute approximate surface area is 164 Å². The Kier molecular flexibility index (Phi) is 5.69. The highest BCUT2D eigenvalue weighted by Gasteiger charge is 2.34. The fourth-order valence-electron chi connectivity index (χ4n) is 4.25. The van der Waals surface area contributed by atoms with Crippen LogP contribution < -0.4 is 0 Å². The van der Waals surface area contributed by atoms with Gasteiger partial charge >= 0.3 is 0 Å². The summed E-state index contributed by atoms with van der Waals surface area (Å²) in [5.41, 5.74) is 4.49. The fourth-order valence-corrected chi connectivity index (χ4v) is 4.25. The van der Waals surface area contributed by atoms with Crippen molar-refractivity contribution in [2.75, 3.05) is 0 Å². The number of carbonyl (C=O) groups excluding carboxylic acids is 1. The molecule has 0 N–H and O–H groups in total. The molecule has 1 heteroatoms. The molecule has 0 bridgehead atoms. The minimum atomic E-state index is -0.268. The van der Waals surface area contributed by atoms with Crippen LogP contribution in [0.3, 0.4) is 0 Å². The molecule has 0 spiro atoms. The molecule has 0 radical (unpaired) electrons. The molecule has 1 atom stereocenters. The first-order valence-electron chi connectivity index (χ1n) is 10.2. The summed E-state index contributed by atoms with van der Waals surface area (Å²) < 4.78 is 0. The lowest BCUT2D eigenvalue weighted by molar-refractivity contribution is 0.0829. The second kappa shape index (κ2) is 7.84. The molecule has 2 aromatic carbocycles. The van der Waals surface area contributed by atoms with E-state index in [2.05, 4.69) is 82.0 Å². The zero-order valence-corrected chi connectivity index (χ0v) is 17.1. The molecular formula is C26H32O. The summed E-state index contributed by atoms with van der Waals surface area (Å²) >= 11 is 0. The molecule has 27 heavy (non-hydrogen) atoms. The zero-order chi connectivity index (χ0) is 19.5. The van der Waals surface area contributed by atoms with Crippen LogP contribution in [0.1, 0.15) is 67.1 Å². The van der Waals surface area contributed by atoms with E-state index in [1.165, 1.54) is 16.7 Å². The van der Waals surface area contributed by atoms with Gasteiger partial charge in [-0.25, -0.2) is 0 Å². The third-order valence-corrected chi connectivity index (χ3v) is 6.24. The van der Waals surface area contributed by atoms with Crippen LogP contribution in [0.5, 0.6) is 0 Å². The quantitative estimate of drug-likeness (QED) is 0.419. The third-order valence-electron chi connectivity index (χ3n) is 6.24. The summed E-state index contributed by atoms with van der Waals surface area (Å²) in [5, 5.41) is 0. The Morgan fingerprint density at radius 3 is 2.56 bits per heavy atom. The molecule has 0 aliphatic heterocycles. The Balaban J connectivity index is 1.88. The highest BCUT2D eigenvalue weighted by atomic mass is 16.1. The van der Waals surface area contributed by atoms with Crippen LogP contribution in [-0.2, 0) is 19.3 Å². The van der Waals surface area contributed by atoms with E-state index in [-0.39, 0.29) is 10.8 Å². The lowest BCUT2D eigenvalue weighted by atomic mass is 9.75. The van der Waals surface area contributed by atoms with Crippen molar-refractivity contribution in [3.05, 3.63) is 83.4 Å². The zero-order valence-electron chi connectivity index (χ0n) is 17.1. The maximum absolute atomic E-state index is 13.3. The van der Waals surface area contributed by atoms with Gasteiger partial charge in [-0.15, -0.1) is 6.58 Å². The van der Waals surface area contributed by atoms with Gasteiger partial charge in [0.2, 0.25) is 0 Å². The highest BCUT2D eigenvalue weighted by Crippen LogP contribution is 2.38. The minimum absolute atomic E-state index is 0.0261. The Hall–Kier alpha value is -2.15. The van der Waals surface area contributed by atoms with Crippen LogP contribution in [0.15, 0.2) is 61.2 Å². The van der Waals surface area contributed by atoms with E-state index in [0.717, 1.165) is 44.1 Å². The number of fused-ring (bicyclic) bond motifs is 1. The molecular weight excluding hydrogens is 328 g/mol. The summed E-state index contributed by atoms with van der Waals surface area (Å²) in [6.45, 7) is 10.6. The van der Waals surface area contributed by atoms with Gasteiger partial charge in [-0.3, -0.25) is 4.79 Å². The summed E-state index contributed by atoms with van der Waals surface area (Å²) in [6.07, 6.45) is 8.07. The van der Waals surface area contributed by atoms with E-state index in [1.54, 1.807) is 0 Å². The van der Waals surface area contributed by atoms with Gasteiger partial charge in [0.15, 0.2) is 5.78 Å². The van der Waals surface area contributed by atoms with Crippen molar-refractivity contribution >= 4 is 5.78 Å². The van der Waals surface area contributed by atoms with Gasteiger partial charge in [0.1, 0.15) is 0 Å². The molecule has 1 aliphatic rings. The van der Waals surface area contributed by atoms with E-state index in [0.29, 0.717) is 5.78 Å². The number of carbonyl (C=O) groups is 1. The fraction of sp³-hybridized carbons (Fsp3) is 0.423. The summed E-state index contributed by atoms with van der Waals surface area (Å²) in [4.78, 5) is 13.3. The van der Waals surface area contributed by atoms with Crippen molar-refractivity contribution in [3.63, 3.8) is 0 Å². The Morgan fingerprint density at radius 1 is 1.11 bits per heavy atom. The van der Waals surface area contributed by atoms with Crippen molar-refractivity contribution < 1.29 is 4.79 Å². The monoisotopic (exact) mass is 360 g/mol. The van der Waals surface area contributed by atoms with Crippen molar-refractivity contribution in [2.24, 2.45) is 10.8 Å². The number of allylic oxidation sites excluding steroid dienone is 1. The van der Waals surface area contributed by atoms with E-state index < -0.39 is 0 Å². The number of Topliss-reactive ketones (excluding diaryl/α,β-unsaturated/α-hetero) is 1. The van der Waals surface area contributed by atoms with E-state index in [1.807, 2.05) is 0 Å². The minimum Gasteiger partial charge on any atom is -0.294 e. The molecule has 1 aliphatic carbocycles. The molecule has 0 saturated carbocycles. The molecule has 0 heterocycles. The third kappa shape index (κ3) is 4.40. The van der Waals surface area contributed by atoms with Gasteiger partial charge in [0.25, 0.3) is 0 Å². The van der Waals surface area contributed by atoms with Crippen LogP contribution in [0, 0.1) is 10.8 Å². The predicted molar refractivity (Wildman–Crippen MR) is 114 cm³/mol. The van der Waals surface area contributed by atoms with Gasteiger partial charge in [0, 0.05) is 11.0 Å². The number of hydrogen-bond acceptors (Lipinski definition) is 1. The number of ketones is 1. The maximum Gasteiger partial charge on any atom is 0.168 e. The molecule has 2 aromatic rings. The second-order valence-corrected chi connectivity index (χ2v) is 9.04. The molecule has 1 unspecified atom stereocenters. The maximum atomic E-state index is 13.3. The summed E-state index contributed by atoms with van der Waals surface area (Å²) in [7, 11) is 0. The molecule has 0 saturated heterocycles. The van der Waals surface area contributed by atoms with Crippen molar-refractivity contribution in [2.45, 2.75) is 59.3 Å².